The standard InChI is InChI=1S/2C15H28O4/c2*1-14(16)18-12-10-8-6-4-3-5-7-9-11-13-19-15(2)17/h2*3-13H2,1-2H3. The Kier molecular flexibility index (Phi) is 31.1. The second-order valence-electron chi connectivity index (χ2n) is 9.72. The summed E-state index contributed by atoms with van der Waals surface area (Å²) in [5.41, 5.74) is 0. The maximum atomic E-state index is 10.5. The number of ether oxygens (including phenoxy) is 4. The maximum absolute atomic E-state index is 10.5. The molecule has 0 N–H and O–H groups in total. The number of esters is 4. The van der Waals surface area contributed by atoms with Crippen molar-refractivity contribution >= 4 is 23.9 Å². The SMILES string of the molecule is CC(=O)OCCCCCCCCCCCOC(C)=O.CC(=O)OCCCCCCCCCCCOC(C)=O. The topological polar surface area (TPSA) is 105 Å². The zero-order valence-electron chi connectivity index (χ0n) is 24.8. The Morgan fingerprint density at radius 1 is 0.289 bits per heavy atom. The smallest absolute Gasteiger partial charge is 0.302 e. The summed E-state index contributed by atoms with van der Waals surface area (Å²) in [5, 5.41) is 0. The molecule has 0 aliphatic rings. The van der Waals surface area contributed by atoms with Crippen LogP contribution in [0.3, 0.4) is 0 Å². The molecule has 8 nitrogen and oxygen atoms in total. The number of rotatable bonds is 24. The van der Waals surface area contributed by atoms with Crippen LogP contribution in [-0.2, 0) is 38.1 Å². The van der Waals surface area contributed by atoms with Gasteiger partial charge in [-0.3, -0.25) is 19.2 Å². The molecule has 38 heavy (non-hydrogen) atoms. The highest BCUT2D eigenvalue weighted by molar-refractivity contribution is 5.66. The monoisotopic (exact) mass is 544 g/mol. The first-order chi connectivity index (χ1) is 18.3. The van der Waals surface area contributed by atoms with E-state index in [0.29, 0.717) is 26.4 Å². The van der Waals surface area contributed by atoms with Crippen molar-refractivity contribution in [1.29, 1.82) is 0 Å². The fraction of sp³-hybridized carbons (Fsp3) is 0.867. The number of carbonyl (C=O) groups excluding carboxylic acids is 4. The van der Waals surface area contributed by atoms with Crippen LogP contribution in [-0.4, -0.2) is 50.3 Å². The highest BCUT2D eigenvalue weighted by Crippen LogP contribution is 2.11. The Labute approximate surface area is 231 Å². The molecule has 0 aromatic rings. The van der Waals surface area contributed by atoms with Gasteiger partial charge in [0.15, 0.2) is 0 Å². The molecule has 0 bridgehead atoms. The quantitative estimate of drug-likeness (QED) is 0.0711. The molecule has 0 heterocycles. The molecule has 0 aliphatic heterocycles. The summed E-state index contributed by atoms with van der Waals surface area (Å²) in [6.07, 6.45) is 20.9. The molecule has 8 heteroatoms. The van der Waals surface area contributed by atoms with E-state index in [2.05, 4.69) is 0 Å². The zero-order valence-corrected chi connectivity index (χ0v) is 24.8. The van der Waals surface area contributed by atoms with Crippen molar-refractivity contribution in [1.82, 2.24) is 0 Å². The van der Waals surface area contributed by atoms with Gasteiger partial charge in [0.25, 0.3) is 0 Å². The van der Waals surface area contributed by atoms with Gasteiger partial charge in [-0.2, -0.15) is 0 Å². The Balaban J connectivity index is 0. The van der Waals surface area contributed by atoms with Crippen LogP contribution in [0.5, 0.6) is 0 Å². The number of unbranched alkanes of at least 4 members (excludes halogenated alkanes) is 16. The molecule has 0 saturated carbocycles. The summed E-state index contributed by atoms with van der Waals surface area (Å²) < 4.78 is 19.5. The van der Waals surface area contributed by atoms with Gasteiger partial charge in [0.05, 0.1) is 26.4 Å². The zero-order chi connectivity index (χ0) is 28.7. The maximum Gasteiger partial charge on any atom is 0.302 e. The molecule has 0 fully saturated rings. The highest BCUT2D eigenvalue weighted by atomic mass is 16.5. The van der Waals surface area contributed by atoms with Gasteiger partial charge in [-0.05, 0) is 25.7 Å². The van der Waals surface area contributed by atoms with E-state index < -0.39 is 0 Å². The summed E-state index contributed by atoms with van der Waals surface area (Å²) in [7, 11) is 0. The van der Waals surface area contributed by atoms with E-state index in [4.69, 9.17) is 18.9 Å². The van der Waals surface area contributed by atoms with Crippen molar-refractivity contribution in [2.45, 2.75) is 143 Å². The van der Waals surface area contributed by atoms with E-state index in [1.54, 1.807) is 0 Å². The summed E-state index contributed by atoms with van der Waals surface area (Å²) in [4.78, 5) is 42.1. The fourth-order valence-electron chi connectivity index (χ4n) is 3.75. The summed E-state index contributed by atoms with van der Waals surface area (Å²) in [6, 6.07) is 0. The van der Waals surface area contributed by atoms with Crippen molar-refractivity contribution in [3.8, 4) is 0 Å². The van der Waals surface area contributed by atoms with Gasteiger partial charge < -0.3 is 18.9 Å². The molecule has 0 spiro atoms. The third-order valence-electron chi connectivity index (χ3n) is 5.80. The van der Waals surface area contributed by atoms with Crippen molar-refractivity contribution < 1.29 is 38.1 Å². The molecule has 0 radical (unpaired) electrons. The molecule has 0 amide bonds. The summed E-state index contributed by atoms with van der Waals surface area (Å²) in [6.45, 7) is 8.03. The van der Waals surface area contributed by atoms with Crippen LogP contribution in [0, 0.1) is 0 Å². The van der Waals surface area contributed by atoms with Gasteiger partial charge in [0, 0.05) is 27.7 Å². The lowest BCUT2D eigenvalue weighted by atomic mass is 10.1. The lowest BCUT2D eigenvalue weighted by molar-refractivity contribution is -0.142. The highest BCUT2D eigenvalue weighted by Gasteiger charge is 1.97. The molecule has 0 rings (SSSR count). The molecular formula is C30H56O8. The largest absolute Gasteiger partial charge is 0.466 e. The Morgan fingerprint density at radius 3 is 0.553 bits per heavy atom. The van der Waals surface area contributed by atoms with E-state index in [1.807, 2.05) is 0 Å². The Morgan fingerprint density at radius 2 is 0.421 bits per heavy atom. The fourth-order valence-corrected chi connectivity index (χ4v) is 3.75. The third-order valence-corrected chi connectivity index (χ3v) is 5.80. The van der Waals surface area contributed by atoms with Gasteiger partial charge >= 0.3 is 23.9 Å². The van der Waals surface area contributed by atoms with Crippen LogP contribution >= 0.6 is 0 Å². The average Bonchev–Trinajstić information content (AvgIpc) is 2.84. The van der Waals surface area contributed by atoms with E-state index in [-0.39, 0.29) is 23.9 Å². The number of hydrogen-bond donors (Lipinski definition) is 0. The van der Waals surface area contributed by atoms with Gasteiger partial charge in [-0.1, -0.05) is 89.9 Å². The molecular weight excluding hydrogens is 488 g/mol. The average molecular weight is 545 g/mol. The van der Waals surface area contributed by atoms with Crippen LogP contribution in [0.2, 0.25) is 0 Å². The minimum Gasteiger partial charge on any atom is -0.466 e. The van der Waals surface area contributed by atoms with E-state index in [1.165, 1.54) is 91.9 Å². The first-order valence-electron chi connectivity index (χ1n) is 14.8. The number of hydrogen-bond acceptors (Lipinski definition) is 8. The summed E-state index contributed by atoms with van der Waals surface area (Å²) >= 11 is 0. The lowest BCUT2D eigenvalue weighted by Crippen LogP contribution is -2.00. The Hall–Kier alpha value is -2.12. The first-order valence-corrected chi connectivity index (χ1v) is 14.8. The minimum absolute atomic E-state index is 0.186. The minimum atomic E-state index is -0.186. The van der Waals surface area contributed by atoms with E-state index >= 15 is 0 Å². The second kappa shape index (κ2) is 31.1. The first kappa shape index (κ1) is 38.0. The Bertz CT molecular complexity index is 479. The molecule has 0 aromatic heterocycles. The van der Waals surface area contributed by atoms with Crippen LogP contribution < -0.4 is 0 Å². The van der Waals surface area contributed by atoms with Gasteiger partial charge in [-0.25, -0.2) is 0 Å². The van der Waals surface area contributed by atoms with Crippen molar-refractivity contribution in [3.63, 3.8) is 0 Å². The van der Waals surface area contributed by atoms with Crippen LogP contribution in [0.1, 0.15) is 143 Å². The molecule has 0 aliphatic carbocycles. The number of carbonyl (C=O) groups is 4. The molecule has 224 valence electrons. The van der Waals surface area contributed by atoms with Crippen LogP contribution in [0.4, 0.5) is 0 Å². The molecule has 0 atom stereocenters. The van der Waals surface area contributed by atoms with E-state index in [0.717, 1.165) is 51.4 Å². The predicted octanol–water partition coefficient (Wildman–Crippen LogP) is 7.25. The normalized spacial score (nSPS) is 10.2. The van der Waals surface area contributed by atoms with Crippen molar-refractivity contribution in [2.75, 3.05) is 26.4 Å². The predicted molar refractivity (Wildman–Crippen MR) is 150 cm³/mol. The van der Waals surface area contributed by atoms with Crippen LogP contribution in [0.25, 0.3) is 0 Å². The summed E-state index contributed by atoms with van der Waals surface area (Å²) in [5.74, 6) is -0.745. The lowest BCUT2D eigenvalue weighted by Gasteiger charge is -2.03. The van der Waals surface area contributed by atoms with Crippen molar-refractivity contribution in [3.05, 3.63) is 0 Å². The van der Waals surface area contributed by atoms with Gasteiger partial charge in [-0.15, -0.1) is 0 Å². The van der Waals surface area contributed by atoms with Crippen LogP contribution in [0.15, 0.2) is 0 Å². The van der Waals surface area contributed by atoms with Crippen molar-refractivity contribution in [2.24, 2.45) is 0 Å². The third kappa shape index (κ3) is 41.0. The molecule has 0 aromatic carbocycles. The van der Waals surface area contributed by atoms with Gasteiger partial charge in [0.2, 0.25) is 0 Å². The molecule has 0 unspecified atom stereocenters. The second-order valence-corrected chi connectivity index (χ2v) is 9.72. The van der Waals surface area contributed by atoms with E-state index in [9.17, 15) is 19.2 Å². The molecule has 0 saturated heterocycles. The van der Waals surface area contributed by atoms with Gasteiger partial charge in [0.1, 0.15) is 0 Å².